The Balaban J connectivity index is 1.77. The largest absolute Gasteiger partial charge is 0.494 e. The van der Waals surface area contributed by atoms with Crippen LogP contribution < -0.4 is 10.1 Å². The van der Waals surface area contributed by atoms with Crippen LogP contribution in [0.15, 0.2) is 52.0 Å². The van der Waals surface area contributed by atoms with Crippen molar-refractivity contribution < 1.29 is 22.4 Å². The number of hydrogen-bond acceptors (Lipinski definition) is 5. The molecular formula is C22H30N2O5S. The minimum absolute atomic E-state index is 0.0177. The summed E-state index contributed by atoms with van der Waals surface area (Å²) >= 11 is 0. The molecule has 0 saturated heterocycles. The zero-order chi connectivity index (χ0) is 21.6. The third-order valence-electron chi connectivity index (χ3n) is 5.46. The minimum Gasteiger partial charge on any atom is -0.494 e. The molecule has 1 aromatic carbocycles. The fourth-order valence-electron chi connectivity index (χ4n) is 3.77. The van der Waals surface area contributed by atoms with Crippen molar-refractivity contribution in [3.63, 3.8) is 0 Å². The Morgan fingerprint density at radius 1 is 1.20 bits per heavy atom. The maximum absolute atomic E-state index is 13.3. The Labute approximate surface area is 178 Å². The Bertz CT molecular complexity index is 910. The summed E-state index contributed by atoms with van der Waals surface area (Å²) in [5, 5.41) is 3.03. The Morgan fingerprint density at radius 2 is 1.93 bits per heavy atom. The van der Waals surface area contributed by atoms with E-state index in [1.807, 2.05) is 6.92 Å². The van der Waals surface area contributed by atoms with E-state index in [2.05, 4.69) is 12.2 Å². The lowest BCUT2D eigenvalue weighted by molar-refractivity contribution is -0.122. The molecule has 0 bridgehead atoms. The first kappa shape index (κ1) is 22.4. The molecule has 3 rings (SSSR count). The number of carbonyl (C=O) groups is 1. The zero-order valence-corrected chi connectivity index (χ0v) is 18.4. The number of benzene rings is 1. The van der Waals surface area contributed by atoms with E-state index in [-0.39, 0.29) is 29.9 Å². The second kappa shape index (κ2) is 10.1. The fourth-order valence-corrected chi connectivity index (χ4v) is 5.13. The van der Waals surface area contributed by atoms with Gasteiger partial charge in [0.05, 0.1) is 30.9 Å². The van der Waals surface area contributed by atoms with Crippen molar-refractivity contribution in [2.45, 2.75) is 57.0 Å². The number of amides is 1. The van der Waals surface area contributed by atoms with Crippen LogP contribution in [0, 0.1) is 5.92 Å². The first-order chi connectivity index (χ1) is 14.4. The van der Waals surface area contributed by atoms with Gasteiger partial charge in [0.2, 0.25) is 15.9 Å². The van der Waals surface area contributed by atoms with E-state index in [4.69, 9.17) is 9.15 Å². The van der Waals surface area contributed by atoms with Crippen molar-refractivity contribution in [1.29, 1.82) is 0 Å². The number of rotatable bonds is 9. The average Bonchev–Trinajstić information content (AvgIpc) is 3.23. The lowest BCUT2D eigenvalue weighted by atomic mass is 9.86. The number of hydrogen-bond donors (Lipinski definition) is 1. The van der Waals surface area contributed by atoms with E-state index < -0.39 is 10.0 Å². The van der Waals surface area contributed by atoms with Gasteiger partial charge in [-0.15, -0.1) is 0 Å². The molecule has 1 aromatic heterocycles. The third kappa shape index (κ3) is 5.64. The van der Waals surface area contributed by atoms with Crippen LogP contribution in [0.2, 0.25) is 0 Å². The van der Waals surface area contributed by atoms with Gasteiger partial charge in [-0.3, -0.25) is 4.79 Å². The lowest BCUT2D eigenvalue weighted by Crippen LogP contribution is -2.46. The number of furan rings is 1. The molecule has 164 valence electrons. The molecule has 2 aromatic rings. The molecule has 1 fully saturated rings. The first-order valence-electron chi connectivity index (χ1n) is 10.4. The van der Waals surface area contributed by atoms with Crippen molar-refractivity contribution in [2.24, 2.45) is 5.92 Å². The van der Waals surface area contributed by atoms with E-state index in [0.717, 1.165) is 23.6 Å². The van der Waals surface area contributed by atoms with Crippen LogP contribution in [0.5, 0.6) is 5.75 Å². The maximum Gasteiger partial charge on any atom is 0.243 e. The van der Waals surface area contributed by atoms with Gasteiger partial charge in [-0.05, 0) is 62.1 Å². The van der Waals surface area contributed by atoms with Gasteiger partial charge in [0.15, 0.2) is 0 Å². The molecule has 1 aliphatic carbocycles. The SMILES string of the molecule is CCOc1ccc(S(=O)(=O)N(CC(=O)N[C@@H]2CCCC[C@@H]2C)Cc2ccco2)cc1. The van der Waals surface area contributed by atoms with Crippen LogP contribution in [-0.4, -0.2) is 37.8 Å². The molecule has 1 heterocycles. The van der Waals surface area contributed by atoms with Crippen molar-refractivity contribution in [2.75, 3.05) is 13.2 Å². The summed E-state index contributed by atoms with van der Waals surface area (Å²) in [5.41, 5.74) is 0. The zero-order valence-electron chi connectivity index (χ0n) is 17.5. The highest BCUT2D eigenvalue weighted by atomic mass is 32.2. The first-order valence-corrected chi connectivity index (χ1v) is 11.9. The Morgan fingerprint density at radius 3 is 2.57 bits per heavy atom. The van der Waals surface area contributed by atoms with Gasteiger partial charge in [0.25, 0.3) is 0 Å². The quantitative estimate of drug-likeness (QED) is 0.652. The highest BCUT2D eigenvalue weighted by Crippen LogP contribution is 2.24. The molecule has 1 N–H and O–H groups in total. The van der Waals surface area contributed by atoms with E-state index >= 15 is 0 Å². The van der Waals surface area contributed by atoms with E-state index in [1.54, 1.807) is 24.3 Å². The molecule has 0 spiro atoms. The van der Waals surface area contributed by atoms with Crippen molar-refractivity contribution >= 4 is 15.9 Å². The van der Waals surface area contributed by atoms with Crippen LogP contribution in [0.3, 0.4) is 0 Å². The highest BCUT2D eigenvalue weighted by molar-refractivity contribution is 7.89. The molecule has 0 aliphatic heterocycles. The number of carbonyl (C=O) groups excluding carboxylic acids is 1. The molecular weight excluding hydrogens is 404 g/mol. The topological polar surface area (TPSA) is 88.9 Å². The summed E-state index contributed by atoms with van der Waals surface area (Å²) in [6, 6.07) is 9.71. The van der Waals surface area contributed by atoms with Crippen molar-refractivity contribution in [1.82, 2.24) is 9.62 Å². The van der Waals surface area contributed by atoms with Gasteiger partial charge in [-0.1, -0.05) is 19.8 Å². The normalized spacial score (nSPS) is 19.6. The smallest absolute Gasteiger partial charge is 0.243 e. The predicted molar refractivity (Wildman–Crippen MR) is 113 cm³/mol. The molecule has 0 unspecified atom stereocenters. The monoisotopic (exact) mass is 434 g/mol. The van der Waals surface area contributed by atoms with Crippen molar-refractivity contribution in [3.05, 3.63) is 48.4 Å². The van der Waals surface area contributed by atoms with E-state index in [9.17, 15) is 13.2 Å². The van der Waals surface area contributed by atoms with E-state index in [1.165, 1.54) is 24.8 Å². The molecule has 0 radical (unpaired) electrons. The second-order valence-corrected chi connectivity index (χ2v) is 9.63. The fraction of sp³-hybridized carbons (Fsp3) is 0.500. The summed E-state index contributed by atoms with van der Waals surface area (Å²) in [6.45, 7) is 4.20. The van der Waals surface area contributed by atoms with Crippen LogP contribution in [-0.2, 0) is 21.4 Å². The minimum atomic E-state index is -3.90. The molecule has 8 heteroatoms. The number of nitrogens with zero attached hydrogens (tertiary/aromatic N) is 1. The molecule has 1 aliphatic rings. The summed E-state index contributed by atoms with van der Waals surface area (Å²) < 4.78 is 38.5. The summed E-state index contributed by atoms with van der Waals surface area (Å²) in [5.74, 6) is 1.17. The Kier molecular flexibility index (Phi) is 7.55. The van der Waals surface area contributed by atoms with Crippen LogP contribution in [0.1, 0.15) is 45.3 Å². The second-order valence-electron chi connectivity index (χ2n) is 7.69. The molecule has 2 atom stereocenters. The molecule has 1 saturated carbocycles. The van der Waals surface area contributed by atoms with Gasteiger partial charge in [0.1, 0.15) is 11.5 Å². The van der Waals surface area contributed by atoms with Gasteiger partial charge >= 0.3 is 0 Å². The van der Waals surface area contributed by atoms with Crippen LogP contribution >= 0.6 is 0 Å². The Hall–Kier alpha value is -2.32. The van der Waals surface area contributed by atoms with Gasteiger partial charge in [0, 0.05) is 6.04 Å². The molecule has 7 nitrogen and oxygen atoms in total. The number of ether oxygens (including phenoxy) is 1. The van der Waals surface area contributed by atoms with Crippen molar-refractivity contribution in [3.8, 4) is 5.75 Å². The number of sulfonamides is 1. The number of nitrogens with one attached hydrogen (secondary N) is 1. The van der Waals surface area contributed by atoms with Crippen LogP contribution in [0.25, 0.3) is 0 Å². The van der Waals surface area contributed by atoms with E-state index in [0.29, 0.717) is 24.0 Å². The maximum atomic E-state index is 13.3. The summed E-state index contributed by atoms with van der Waals surface area (Å²) in [4.78, 5) is 12.9. The van der Waals surface area contributed by atoms with Gasteiger partial charge in [-0.2, -0.15) is 4.31 Å². The van der Waals surface area contributed by atoms with Gasteiger partial charge in [-0.25, -0.2) is 8.42 Å². The third-order valence-corrected chi connectivity index (χ3v) is 7.27. The molecule has 30 heavy (non-hydrogen) atoms. The summed E-state index contributed by atoms with van der Waals surface area (Å²) in [6.07, 6.45) is 5.74. The predicted octanol–water partition coefficient (Wildman–Crippen LogP) is 3.56. The van der Waals surface area contributed by atoms with Gasteiger partial charge < -0.3 is 14.5 Å². The lowest BCUT2D eigenvalue weighted by Gasteiger charge is -2.30. The summed E-state index contributed by atoms with van der Waals surface area (Å²) in [7, 11) is -3.90. The van der Waals surface area contributed by atoms with Crippen LogP contribution in [0.4, 0.5) is 0 Å². The highest BCUT2D eigenvalue weighted by Gasteiger charge is 2.30. The molecule has 1 amide bonds. The standard InChI is InChI=1S/C22H30N2O5S/c1-3-28-18-10-12-20(13-11-18)30(26,27)24(15-19-8-6-14-29-19)16-22(25)23-21-9-5-4-7-17(21)2/h6,8,10-14,17,21H,3-5,7,9,15-16H2,1-2H3,(H,23,25)/t17-,21+/m0/s1. The average molecular weight is 435 g/mol.